The van der Waals surface area contributed by atoms with Gasteiger partial charge in [-0.2, -0.15) is 15.1 Å². The molecule has 2 aliphatic heterocycles. The molecule has 2 aromatic rings. The number of fused-ring (bicyclic) bond motifs is 1. The number of benzene rings is 2. The molecular weight excluding hydrogens is 460 g/mol. The average molecular weight is 491 g/mol. The summed E-state index contributed by atoms with van der Waals surface area (Å²) in [5.74, 6) is 1.71. The third-order valence-corrected chi connectivity index (χ3v) is 6.80. The molecule has 7 nitrogen and oxygen atoms in total. The van der Waals surface area contributed by atoms with Gasteiger partial charge in [0.05, 0.1) is 5.57 Å². The van der Waals surface area contributed by atoms with Gasteiger partial charge in [0.15, 0.2) is 5.84 Å². The zero-order valence-electron chi connectivity index (χ0n) is 20.3. The molecule has 0 bridgehead atoms. The van der Waals surface area contributed by atoms with Crippen LogP contribution in [0.15, 0.2) is 64.2 Å². The monoisotopic (exact) mass is 490 g/mol. The number of carbonyl (C=O) groups is 1. The van der Waals surface area contributed by atoms with Crippen LogP contribution in [0.25, 0.3) is 6.08 Å². The van der Waals surface area contributed by atoms with E-state index in [1.807, 2.05) is 36.4 Å². The number of ether oxygens (including phenoxy) is 2. The largest absolute Gasteiger partial charge is 0.490 e. The van der Waals surface area contributed by atoms with E-state index in [1.54, 1.807) is 6.08 Å². The van der Waals surface area contributed by atoms with Gasteiger partial charge >= 0.3 is 0 Å². The summed E-state index contributed by atoms with van der Waals surface area (Å²) in [7, 11) is 0. The number of hydrogen-bond donors (Lipinski definition) is 1. The number of thioether (sulfide) groups is 1. The molecule has 8 heteroatoms. The minimum atomic E-state index is -0.420. The zero-order chi connectivity index (χ0) is 24.8. The van der Waals surface area contributed by atoms with Gasteiger partial charge in [0.1, 0.15) is 29.8 Å². The molecule has 0 aromatic heterocycles. The number of nitrogens with zero attached hydrogens (tertiary/aromatic N) is 3. The Hall–Kier alpha value is -3.39. The Morgan fingerprint density at radius 2 is 1.66 bits per heavy atom. The highest BCUT2D eigenvalue weighted by atomic mass is 32.2. The van der Waals surface area contributed by atoms with Crippen LogP contribution < -0.4 is 9.47 Å². The minimum Gasteiger partial charge on any atom is -0.490 e. The fraction of sp³-hybridized carbons (Fsp3) is 0.333. The topological polar surface area (TPSA) is 87.3 Å². The van der Waals surface area contributed by atoms with Crippen molar-refractivity contribution in [3.8, 4) is 11.5 Å². The van der Waals surface area contributed by atoms with E-state index < -0.39 is 5.91 Å². The molecule has 0 unspecified atom stereocenters. The summed E-state index contributed by atoms with van der Waals surface area (Å²) in [6.45, 7) is 7.33. The van der Waals surface area contributed by atoms with E-state index in [0.717, 1.165) is 35.6 Å². The van der Waals surface area contributed by atoms with E-state index >= 15 is 0 Å². The summed E-state index contributed by atoms with van der Waals surface area (Å²) in [5, 5.41) is 15.6. The van der Waals surface area contributed by atoms with Gasteiger partial charge in [0.2, 0.25) is 5.17 Å². The normalized spacial score (nSPS) is 17.2. The van der Waals surface area contributed by atoms with Crippen molar-refractivity contribution >= 4 is 39.8 Å². The van der Waals surface area contributed by atoms with Crippen LogP contribution >= 0.6 is 11.8 Å². The van der Waals surface area contributed by atoms with Crippen LogP contribution in [-0.2, 0) is 4.79 Å². The van der Waals surface area contributed by atoms with Crippen LogP contribution in [0.5, 0.6) is 11.5 Å². The maximum Gasteiger partial charge on any atom is 0.283 e. The molecule has 1 amide bonds. The molecule has 2 aromatic carbocycles. The molecule has 0 spiro atoms. The number of carbonyl (C=O) groups excluding carboxylic acids is 1. The maximum absolute atomic E-state index is 12.5. The molecule has 1 atom stereocenters. The third-order valence-electron chi connectivity index (χ3n) is 5.83. The lowest BCUT2D eigenvalue weighted by atomic mass is 9.99. The molecule has 4 rings (SSSR count). The summed E-state index contributed by atoms with van der Waals surface area (Å²) in [5.41, 5.74) is 2.32. The van der Waals surface area contributed by atoms with Crippen molar-refractivity contribution in [2.24, 2.45) is 10.1 Å². The van der Waals surface area contributed by atoms with Gasteiger partial charge in [0.25, 0.3) is 5.91 Å². The summed E-state index contributed by atoms with van der Waals surface area (Å²) in [6, 6.07) is 15.6. The molecule has 2 aliphatic rings. The van der Waals surface area contributed by atoms with E-state index in [4.69, 9.17) is 14.9 Å². The van der Waals surface area contributed by atoms with Crippen LogP contribution in [0.1, 0.15) is 57.1 Å². The summed E-state index contributed by atoms with van der Waals surface area (Å²) < 4.78 is 11.6. The SMILES string of the molecule is CCCC1=NN2C(=N)/C(=C\c3ccc(OCCOc4ccc([C@@H](C)CC)cc4)cc3)C(=O)N=C2S1. The van der Waals surface area contributed by atoms with E-state index in [2.05, 4.69) is 43.0 Å². The number of rotatable bonds is 10. The lowest BCUT2D eigenvalue weighted by Gasteiger charge is -2.20. The molecule has 0 saturated heterocycles. The van der Waals surface area contributed by atoms with E-state index in [-0.39, 0.29) is 11.4 Å². The highest BCUT2D eigenvalue weighted by molar-refractivity contribution is 8.26. The second-order valence-corrected chi connectivity index (χ2v) is 9.45. The zero-order valence-corrected chi connectivity index (χ0v) is 21.1. The van der Waals surface area contributed by atoms with Gasteiger partial charge in [-0.3, -0.25) is 10.2 Å². The van der Waals surface area contributed by atoms with Gasteiger partial charge < -0.3 is 9.47 Å². The number of hydrogen-bond acceptors (Lipinski definition) is 6. The number of amides is 1. The van der Waals surface area contributed by atoms with E-state index in [9.17, 15) is 4.79 Å². The van der Waals surface area contributed by atoms with Crippen LogP contribution in [0, 0.1) is 5.41 Å². The first kappa shape index (κ1) is 24.7. The first-order chi connectivity index (χ1) is 17.0. The van der Waals surface area contributed by atoms with Crippen molar-refractivity contribution in [2.45, 2.75) is 46.0 Å². The molecule has 1 N–H and O–H groups in total. The number of aliphatic imine (C=N–C) groups is 1. The van der Waals surface area contributed by atoms with E-state index in [0.29, 0.717) is 30.0 Å². The van der Waals surface area contributed by atoms with Gasteiger partial charge in [-0.25, -0.2) is 0 Å². The Bertz CT molecular complexity index is 1170. The van der Waals surface area contributed by atoms with Crippen molar-refractivity contribution in [2.75, 3.05) is 13.2 Å². The van der Waals surface area contributed by atoms with Gasteiger partial charge in [-0.1, -0.05) is 45.0 Å². The van der Waals surface area contributed by atoms with Crippen LogP contribution in [0.2, 0.25) is 0 Å². The van der Waals surface area contributed by atoms with Crippen LogP contribution in [0.3, 0.4) is 0 Å². The molecule has 0 fully saturated rings. The van der Waals surface area contributed by atoms with Gasteiger partial charge in [0, 0.05) is 0 Å². The number of hydrazone groups is 1. The lowest BCUT2D eigenvalue weighted by molar-refractivity contribution is -0.114. The quantitative estimate of drug-likeness (QED) is 0.322. The van der Waals surface area contributed by atoms with E-state index in [1.165, 1.54) is 22.3 Å². The predicted molar refractivity (Wildman–Crippen MR) is 142 cm³/mol. The molecule has 2 heterocycles. The third kappa shape index (κ3) is 6.00. The van der Waals surface area contributed by atoms with Crippen molar-refractivity contribution < 1.29 is 14.3 Å². The Morgan fingerprint density at radius 3 is 2.26 bits per heavy atom. The molecule has 0 saturated carbocycles. The van der Waals surface area contributed by atoms with Crippen molar-refractivity contribution in [3.05, 3.63) is 65.2 Å². The molecule has 182 valence electrons. The van der Waals surface area contributed by atoms with Crippen LogP contribution in [0.4, 0.5) is 0 Å². The van der Waals surface area contributed by atoms with Crippen LogP contribution in [-0.4, -0.2) is 40.2 Å². The second kappa shape index (κ2) is 11.4. The summed E-state index contributed by atoms with van der Waals surface area (Å²) >= 11 is 1.36. The molecule has 35 heavy (non-hydrogen) atoms. The first-order valence-electron chi connectivity index (χ1n) is 11.9. The number of amidine groups is 2. The van der Waals surface area contributed by atoms with Gasteiger partial charge in [-0.05, 0) is 78.4 Å². The fourth-order valence-corrected chi connectivity index (χ4v) is 4.61. The Kier molecular flexibility index (Phi) is 8.02. The highest BCUT2D eigenvalue weighted by Crippen LogP contribution is 2.30. The Labute approximate surface area is 210 Å². The van der Waals surface area contributed by atoms with Crippen molar-refractivity contribution in [1.82, 2.24) is 5.01 Å². The lowest BCUT2D eigenvalue weighted by Crippen LogP contribution is -2.35. The Balaban J connectivity index is 1.30. The fourth-order valence-electron chi connectivity index (χ4n) is 3.62. The standard InChI is InChI=1S/C27H30N4O3S/c1-4-6-24-30-31-25(28)23(26(32)29-27(31)35-24)17-19-7-11-21(12-8-19)33-15-16-34-22-13-9-20(10-14-22)18(3)5-2/h7-14,17-18,28H,4-6,15-16H2,1-3H3/b23-17+,28-25?/t18-/m0/s1. The summed E-state index contributed by atoms with van der Waals surface area (Å²) in [4.78, 5) is 16.6. The van der Waals surface area contributed by atoms with Crippen molar-refractivity contribution in [1.29, 1.82) is 5.41 Å². The average Bonchev–Trinajstić information content (AvgIpc) is 3.28. The molecule has 0 radical (unpaired) electrons. The second-order valence-electron chi connectivity index (χ2n) is 8.41. The minimum absolute atomic E-state index is 0.0493. The highest BCUT2D eigenvalue weighted by Gasteiger charge is 2.35. The molecule has 0 aliphatic carbocycles. The first-order valence-corrected chi connectivity index (χ1v) is 12.7. The summed E-state index contributed by atoms with van der Waals surface area (Å²) in [6.07, 6.45) is 4.53. The predicted octanol–water partition coefficient (Wildman–Crippen LogP) is 6.08. The number of nitrogens with one attached hydrogen (secondary N) is 1. The molecular formula is C27H30N4O3S. The van der Waals surface area contributed by atoms with Crippen molar-refractivity contribution in [3.63, 3.8) is 0 Å². The Morgan fingerprint density at radius 1 is 1.03 bits per heavy atom. The smallest absolute Gasteiger partial charge is 0.283 e. The maximum atomic E-state index is 12.5. The van der Waals surface area contributed by atoms with Gasteiger partial charge in [-0.15, -0.1) is 0 Å².